The summed E-state index contributed by atoms with van der Waals surface area (Å²) >= 11 is 6.59. The first-order valence-corrected chi connectivity index (χ1v) is 9.18. The minimum absolute atomic E-state index is 0.0593. The summed E-state index contributed by atoms with van der Waals surface area (Å²) in [4.78, 5) is 0. The summed E-state index contributed by atoms with van der Waals surface area (Å²) in [6.45, 7) is 4.23. The summed E-state index contributed by atoms with van der Waals surface area (Å²) in [5.74, 6) is 0.584. The molecule has 1 aliphatic heterocycles. The lowest BCUT2D eigenvalue weighted by molar-refractivity contribution is 0.566. The van der Waals surface area contributed by atoms with Gasteiger partial charge in [0.25, 0.3) is 0 Å². The standard InChI is InChI=1S/C15H21ClO2S/c1-3-11-5-6-12(4-2)14(9-11)15(16)13-7-8-19(17,18)10-13/h5-6,9,13,15H,3-4,7-8,10H2,1-2H3. The Morgan fingerprint density at radius 3 is 2.58 bits per heavy atom. The van der Waals surface area contributed by atoms with E-state index in [-0.39, 0.29) is 22.8 Å². The van der Waals surface area contributed by atoms with Gasteiger partial charge in [0.2, 0.25) is 0 Å². The van der Waals surface area contributed by atoms with E-state index in [1.165, 1.54) is 11.1 Å². The zero-order valence-corrected chi connectivity index (χ0v) is 13.1. The van der Waals surface area contributed by atoms with E-state index in [4.69, 9.17) is 11.6 Å². The fourth-order valence-corrected chi connectivity index (χ4v) is 5.12. The molecular formula is C15H21ClO2S. The van der Waals surface area contributed by atoms with Crippen LogP contribution in [0, 0.1) is 5.92 Å². The van der Waals surface area contributed by atoms with E-state index in [0.29, 0.717) is 6.42 Å². The Morgan fingerprint density at radius 1 is 1.32 bits per heavy atom. The molecule has 2 unspecified atom stereocenters. The summed E-state index contributed by atoms with van der Waals surface area (Å²) in [7, 11) is -2.87. The average molecular weight is 301 g/mol. The topological polar surface area (TPSA) is 34.1 Å². The van der Waals surface area contributed by atoms with Gasteiger partial charge >= 0.3 is 0 Å². The van der Waals surface area contributed by atoms with E-state index >= 15 is 0 Å². The quantitative estimate of drug-likeness (QED) is 0.797. The molecule has 0 saturated carbocycles. The van der Waals surface area contributed by atoms with Crippen LogP contribution < -0.4 is 0 Å². The molecule has 0 aliphatic carbocycles. The van der Waals surface area contributed by atoms with Crippen LogP contribution in [0.4, 0.5) is 0 Å². The molecule has 2 nitrogen and oxygen atoms in total. The second kappa shape index (κ2) is 5.84. The van der Waals surface area contributed by atoms with Crippen molar-refractivity contribution in [3.8, 4) is 0 Å². The smallest absolute Gasteiger partial charge is 0.150 e. The molecule has 0 spiro atoms. The Balaban J connectivity index is 2.30. The highest BCUT2D eigenvalue weighted by Crippen LogP contribution is 2.38. The summed E-state index contributed by atoms with van der Waals surface area (Å²) < 4.78 is 23.2. The Bertz CT molecular complexity index is 551. The van der Waals surface area contributed by atoms with Crippen LogP contribution >= 0.6 is 11.6 Å². The van der Waals surface area contributed by atoms with Gasteiger partial charge < -0.3 is 0 Å². The van der Waals surface area contributed by atoms with E-state index in [0.717, 1.165) is 18.4 Å². The molecule has 1 saturated heterocycles. The van der Waals surface area contributed by atoms with Crippen molar-refractivity contribution >= 4 is 21.4 Å². The third kappa shape index (κ3) is 3.32. The molecule has 1 aliphatic rings. The molecule has 0 radical (unpaired) electrons. The molecule has 1 aromatic rings. The second-order valence-corrected chi connectivity index (χ2v) is 8.00. The average Bonchev–Trinajstić information content (AvgIpc) is 2.77. The lowest BCUT2D eigenvalue weighted by Crippen LogP contribution is -2.12. The predicted octanol–water partition coefficient (Wildman–Crippen LogP) is 3.53. The largest absolute Gasteiger partial charge is 0.229 e. The highest BCUT2D eigenvalue weighted by Gasteiger charge is 2.34. The molecular weight excluding hydrogens is 280 g/mol. The Labute approximate surface area is 121 Å². The zero-order chi connectivity index (χ0) is 14.0. The minimum atomic E-state index is -2.87. The first-order chi connectivity index (χ1) is 8.96. The van der Waals surface area contributed by atoms with Crippen molar-refractivity contribution in [1.82, 2.24) is 0 Å². The minimum Gasteiger partial charge on any atom is -0.229 e. The molecule has 2 rings (SSSR count). The van der Waals surface area contributed by atoms with Gasteiger partial charge in [0.1, 0.15) is 0 Å². The first kappa shape index (κ1) is 14.9. The molecule has 106 valence electrons. The normalized spacial score (nSPS) is 23.4. The summed E-state index contributed by atoms with van der Waals surface area (Å²) in [5.41, 5.74) is 3.63. The van der Waals surface area contributed by atoms with Crippen LogP contribution in [0.15, 0.2) is 18.2 Å². The Morgan fingerprint density at radius 2 is 2.05 bits per heavy atom. The van der Waals surface area contributed by atoms with Crippen LogP contribution in [0.3, 0.4) is 0 Å². The SMILES string of the molecule is CCc1ccc(CC)c(C(Cl)C2CCS(=O)(=O)C2)c1. The highest BCUT2D eigenvalue weighted by atomic mass is 35.5. The number of sulfone groups is 1. The third-order valence-corrected chi connectivity index (χ3v) is 6.36. The number of hydrogen-bond donors (Lipinski definition) is 0. The van der Waals surface area contributed by atoms with Gasteiger partial charge in [-0.05, 0) is 41.9 Å². The summed E-state index contributed by atoms with van der Waals surface area (Å²) in [6, 6.07) is 6.42. The zero-order valence-electron chi connectivity index (χ0n) is 11.5. The lowest BCUT2D eigenvalue weighted by atomic mass is 9.91. The molecule has 0 bridgehead atoms. The van der Waals surface area contributed by atoms with Gasteiger partial charge in [-0.25, -0.2) is 8.42 Å². The van der Waals surface area contributed by atoms with Crippen molar-refractivity contribution in [2.75, 3.05) is 11.5 Å². The Kier molecular flexibility index (Phi) is 4.57. The van der Waals surface area contributed by atoms with Crippen LogP contribution in [0.2, 0.25) is 0 Å². The van der Waals surface area contributed by atoms with Crippen LogP contribution in [-0.2, 0) is 22.7 Å². The molecule has 2 atom stereocenters. The number of hydrogen-bond acceptors (Lipinski definition) is 2. The van der Waals surface area contributed by atoms with Gasteiger partial charge in [-0.2, -0.15) is 0 Å². The molecule has 19 heavy (non-hydrogen) atoms. The van der Waals surface area contributed by atoms with Crippen LogP contribution in [-0.4, -0.2) is 19.9 Å². The molecule has 1 fully saturated rings. The van der Waals surface area contributed by atoms with Gasteiger partial charge in [-0.3, -0.25) is 0 Å². The van der Waals surface area contributed by atoms with Crippen molar-refractivity contribution in [2.24, 2.45) is 5.92 Å². The summed E-state index contributed by atoms with van der Waals surface area (Å²) in [6.07, 6.45) is 2.60. The van der Waals surface area contributed by atoms with E-state index < -0.39 is 9.84 Å². The van der Waals surface area contributed by atoms with Gasteiger partial charge in [0.15, 0.2) is 9.84 Å². The number of aryl methyl sites for hydroxylation is 2. The predicted molar refractivity (Wildman–Crippen MR) is 80.6 cm³/mol. The maximum atomic E-state index is 11.6. The number of alkyl halides is 1. The van der Waals surface area contributed by atoms with Crippen molar-refractivity contribution in [3.05, 3.63) is 34.9 Å². The van der Waals surface area contributed by atoms with Crippen molar-refractivity contribution in [3.63, 3.8) is 0 Å². The van der Waals surface area contributed by atoms with E-state index in [1.807, 2.05) is 0 Å². The van der Waals surface area contributed by atoms with Crippen molar-refractivity contribution in [2.45, 2.75) is 38.5 Å². The molecule has 4 heteroatoms. The molecule has 1 aromatic carbocycles. The summed E-state index contributed by atoms with van der Waals surface area (Å²) in [5, 5.41) is -0.182. The van der Waals surface area contributed by atoms with E-state index in [1.54, 1.807) is 0 Å². The van der Waals surface area contributed by atoms with Gasteiger partial charge in [-0.15, -0.1) is 11.6 Å². The molecule has 1 heterocycles. The third-order valence-electron chi connectivity index (χ3n) is 3.98. The fraction of sp³-hybridized carbons (Fsp3) is 0.600. The Hall–Kier alpha value is -0.540. The monoisotopic (exact) mass is 300 g/mol. The van der Waals surface area contributed by atoms with Gasteiger partial charge in [0, 0.05) is 0 Å². The number of halogens is 1. The first-order valence-electron chi connectivity index (χ1n) is 6.93. The maximum Gasteiger partial charge on any atom is 0.150 e. The molecule has 0 aromatic heterocycles. The number of rotatable bonds is 4. The lowest BCUT2D eigenvalue weighted by Gasteiger charge is -2.20. The van der Waals surface area contributed by atoms with Crippen LogP contribution in [0.25, 0.3) is 0 Å². The molecule has 0 amide bonds. The highest BCUT2D eigenvalue weighted by molar-refractivity contribution is 7.91. The van der Waals surface area contributed by atoms with Crippen LogP contribution in [0.1, 0.15) is 42.3 Å². The van der Waals surface area contributed by atoms with Crippen molar-refractivity contribution < 1.29 is 8.42 Å². The van der Waals surface area contributed by atoms with Crippen LogP contribution in [0.5, 0.6) is 0 Å². The maximum absolute atomic E-state index is 11.6. The number of benzene rings is 1. The molecule has 0 N–H and O–H groups in total. The van der Waals surface area contributed by atoms with E-state index in [2.05, 4.69) is 32.0 Å². The second-order valence-electron chi connectivity index (χ2n) is 5.31. The van der Waals surface area contributed by atoms with E-state index in [9.17, 15) is 8.42 Å². The fourth-order valence-electron chi connectivity index (χ4n) is 2.75. The van der Waals surface area contributed by atoms with Gasteiger partial charge in [0.05, 0.1) is 16.9 Å². The van der Waals surface area contributed by atoms with Gasteiger partial charge in [-0.1, -0.05) is 32.0 Å². The van der Waals surface area contributed by atoms with Crippen molar-refractivity contribution in [1.29, 1.82) is 0 Å².